The highest BCUT2D eigenvalue weighted by molar-refractivity contribution is 7.89. The van der Waals surface area contributed by atoms with Gasteiger partial charge in [-0.1, -0.05) is 19.1 Å². The minimum atomic E-state index is -3.41. The fourth-order valence-corrected chi connectivity index (χ4v) is 4.34. The van der Waals surface area contributed by atoms with Crippen LogP contribution < -0.4 is 0 Å². The predicted octanol–water partition coefficient (Wildman–Crippen LogP) is 1.78. The van der Waals surface area contributed by atoms with E-state index >= 15 is 0 Å². The van der Waals surface area contributed by atoms with Crippen LogP contribution in [0.1, 0.15) is 25.3 Å². The monoisotopic (exact) mass is 311 g/mol. The van der Waals surface area contributed by atoms with Crippen molar-refractivity contribution < 1.29 is 17.9 Å². The Bertz CT molecular complexity index is 581. The third kappa shape index (κ3) is 2.85. The molecule has 0 radical (unpaired) electrons. The highest BCUT2D eigenvalue weighted by atomic mass is 32.2. The van der Waals surface area contributed by atoms with E-state index in [1.807, 2.05) is 12.1 Å². The second-order valence-corrected chi connectivity index (χ2v) is 7.45. The average Bonchev–Trinajstić information content (AvgIpc) is 2.96. The lowest BCUT2D eigenvalue weighted by atomic mass is 10.1. The summed E-state index contributed by atoms with van der Waals surface area (Å²) in [5, 5.41) is 0. The molecule has 1 aromatic carbocycles. The normalized spacial score (nSPS) is 22.7. The minimum absolute atomic E-state index is 0.365. The fraction of sp³-hybridized carbons (Fsp3) is 0.600. The largest absolute Gasteiger partial charge is 0.347 e. The van der Waals surface area contributed by atoms with Gasteiger partial charge in [-0.25, -0.2) is 8.42 Å². The molecular formula is C15H21NO4S. The van der Waals surface area contributed by atoms with Crippen LogP contribution in [0.25, 0.3) is 0 Å². The lowest BCUT2D eigenvalue weighted by Gasteiger charge is -2.36. The zero-order valence-corrected chi connectivity index (χ0v) is 13.1. The summed E-state index contributed by atoms with van der Waals surface area (Å²) in [6, 6.07) is 7.14. The summed E-state index contributed by atoms with van der Waals surface area (Å²) in [6.45, 7) is 4.14. The molecule has 0 amide bonds. The van der Waals surface area contributed by atoms with Crippen molar-refractivity contribution >= 4 is 10.0 Å². The number of rotatable bonds is 3. The first-order valence-corrected chi connectivity index (χ1v) is 8.87. The van der Waals surface area contributed by atoms with Gasteiger partial charge in [0.05, 0.1) is 18.1 Å². The highest BCUT2D eigenvalue weighted by Crippen LogP contribution is 2.33. The van der Waals surface area contributed by atoms with Crippen molar-refractivity contribution in [2.75, 3.05) is 26.3 Å². The lowest BCUT2D eigenvalue weighted by Crippen LogP contribution is -2.47. The van der Waals surface area contributed by atoms with Gasteiger partial charge >= 0.3 is 0 Å². The zero-order chi connectivity index (χ0) is 14.9. The van der Waals surface area contributed by atoms with Crippen LogP contribution in [0.3, 0.4) is 0 Å². The summed E-state index contributed by atoms with van der Waals surface area (Å²) in [4.78, 5) is 0.365. The third-order valence-electron chi connectivity index (χ3n) is 4.27. The standard InChI is InChI=1S/C15H21NO4S/c1-2-13-3-5-14(6-4-13)21(17,18)16-9-7-15(8-10-16)19-11-12-20-15/h3-6H,2,7-12H2,1H3. The van der Waals surface area contributed by atoms with Crippen LogP contribution in [0.2, 0.25) is 0 Å². The molecule has 1 aromatic rings. The van der Waals surface area contributed by atoms with E-state index in [1.165, 1.54) is 4.31 Å². The van der Waals surface area contributed by atoms with Gasteiger partial charge in [0.2, 0.25) is 10.0 Å². The molecule has 2 fully saturated rings. The highest BCUT2D eigenvalue weighted by Gasteiger charge is 2.42. The minimum Gasteiger partial charge on any atom is -0.347 e. The Morgan fingerprint density at radius 1 is 1.10 bits per heavy atom. The van der Waals surface area contributed by atoms with Gasteiger partial charge in [0, 0.05) is 25.9 Å². The fourth-order valence-electron chi connectivity index (χ4n) is 2.90. The molecule has 0 saturated carbocycles. The number of aryl methyl sites for hydroxylation is 1. The number of nitrogens with zero attached hydrogens (tertiary/aromatic N) is 1. The molecule has 116 valence electrons. The van der Waals surface area contributed by atoms with E-state index in [-0.39, 0.29) is 0 Å². The molecule has 0 N–H and O–H groups in total. The van der Waals surface area contributed by atoms with Crippen molar-refractivity contribution in [3.63, 3.8) is 0 Å². The summed E-state index contributed by atoms with van der Waals surface area (Å²) < 4.78 is 38.1. The molecule has 6 heteroatoms. The SMILES string of the molecule is CCc1ccc(S(=O)(=O)N2CCC3(CC2)OCCO3)cc1. The van der Waals surface area contributed by atoms with Gasteiger partial charge in [0.1, 0.15) is 0 Å². The van der Waals surface area contributed by atoms with Gasteiger partial charge in [-0.2, -0.15) is 4.31 Å². The van der Waals surface area contributed by atoms with Crippen LogP contribution >= 0.6 is 0 Å². The molecule has 0 bridgehead atoms. The summed E-state index contributed by atoms with van der Waals surface area (Å²) in [5.41, 5.74) is 1.14. The predicted molar refractivity (Wildman–Crippen MR) is 78.4 cm³/mol. The van der Waals surface area contributed by atoms with E-state index in [0.29, 0.717) is 44.0 Å². The first-order chi connectivity index (χ1) is 10.1. The van der Waals surface area contributed by atoms with Crippen LogP contribution in [0.15, 0.2) is 29.2 Å². The zero-order valence-electron chi connectivity index (χ0n) is 12.2. The number of piperidine rings is 1. The molecule has 5 nitrogen and oxygen atoms in total. The molecule has 2 heterocycles. The van der Waals surface area contributed by atoms with E-state index in [0.717, 1.165) is 12.0 Å². The summed E-state index contributed by atoms with van der Waals surface area (Å²) in [6.07, 6.45) is 2.10. The molecule has 2 saturated heterocycles. The maximum Gasteiger partial charge on any atom is 0.243 e. The van der Waals surface area contributed by atoms with Crippen molar-refractivity contribution in [3.05, 3.63) is 29.8 Å². The number of hydrogen-bond donors (Lipinski definition) is 0. The Kier molecular flexibility index (Phi) is 4.05. The topological polar surface area (TPSA) is 55.8 Å². The molecule has 3 rings (SSSR count). The maximum absolute atomic E-state index is 12.6. The molecule has 0 aliphatic carbocycles. The first kappa shape index (κ1) is 15.0. The number of ether oxygens (including phenoxy) is 2. The number of benzene rings is 1. The van der Waals surface area contributed by atoms with Crippen molar-refractivity contribution in [3.8, 4) is 0 Å². The van der Waals surface area contributed by atoms with Crippen molar-refractivity contribution in [1.29, 1.82) is 0 Å². The molecule has 0 atom stereocenters. The molecular weight excluding hydrogens is 290 g/mol. The Hall–Kier alpha value is -0.950. The van der Waals surface area contributed by atoms with Gasteiger partial charge in [-0.3, -0.25) is 0 Å². The van der Waals surface area contributed by atoms with Crippen molar-refractivity contribution in [1.82, 2.24) is 4.31 Å². The Balaban J connectivity index is 1.73. The quantitative estimate of drug-likeness (QED) is 0.854. The molecule has 0 unspecified atom stereocenters. The molecule has 0 aromatic heterocycles. The van der Waals surface area contributed by atoms with Crippen LogP contribution in [0.5, 0.6) is 0 Å². The first-order valence-electron chi connectivity index (χ1n) is 7.43. The Morgan fingerprint density at radius 3 is 2.19 bits per heavy atom. The van der Waals surface area contributed by atoms with E-state index in [1.54, 1.807) is 12.1 Å². The smallest absolute Gasteiger partial charge is 0.243 e. The van der Waals surface area contributed by atoms with E-state index in [2.05, 4.69) is 6.92 Å². The van der Waals surface area contributed by atoms with Crippen molar-refractivity contribution in [2.24, 2.45) is 0 Å². The summed E-state index contributed by atoms with van der Waals surface area (Å²) in [5.74, 6) is -0.544. The van der Waals surface area contributed by atoms with Gasteiger partial charge in [-0.15, -0.1) is 0 Å². The van der Waals surface area contributed by atoms with Crippen LogP contribution in [0, 0.1) is 0 Å². The Labute approximate surface area is 125 Å². The summed E-state index contributed by atoms with van der Waals surface area (Å²) in [7, 11) is -3.41. The second kappa shape index (κ2) is 5.68. The molecule has 2 aliphatic rings. The van der Waals surface area contributed by atoms with E-state index < -0.39 is 15.8 Å². The van der Waals surface area contributed by atoms with Crippen LogP contribution in [0.4, 0.5) is 0 Å². The van der Waals surface area contributed by atoms with Crippen LogP contribution in [-0.2, 0) is 25.9 Å². The van der Waals surface area contributed by atoms with Crippen LogP contribution in [-0.4, -0.2) is 44.8 Å². The number of sulfonamides is 1. The van der Waals surface area contributed by atoms with Gasteiger partial charge in [0.25, 0.3) is 0 Å². The van der Waals surface area contributed by atoms with Gasteiger partial charge in [0.15, 0.2) is 5.79 Å². The molecule has 1 spiro atoms. The van der Waals surface area contributed by atoms with Crippen molar-refractivity contribution in [2.45, 2.75) is 36.9 Å². The maximum atomic E-state index is 12.6. The van der Waals surface area contributed by atoms with E-state index in [9.17, 15) is 8.42 Å². The molecule has 2 aliphatic heterocycles. The van der Waals surface area contributed by atoms with Gasteiger partial charge in [-0.05, 0) is 24.1 Å². The average molecular weight is 311 g/mol. The molecule has 21 heavy (non-hydrogen) atoms. The Morgan fingerprint density at radius 2 is 1.67 bits per heavy atom. The van der Waals surface area contributed by atoms with Gasteiger partial charge < -0.3 is 9.47 Å². The lowest BCUT2D eigenvalue weighted by molar-refractivity contribution is -0.179. The summed E-state index contributed by atoms with van der Waals surface area (Å²) >= 11 is 0. The number of hydrogen-bond acceptors (Lipinski definition) is 4. The third-order valence-corrected chi connectivity index (χ3v) is 6.18. The second-order valence-electron chi connectivity index (χ2n) is 5.51. The van der Waals surface area contributed by atoms with E-state index in [4.69, 9.17) is 9.47 Å².